The molecule has 1 unspecified atom stereocenters. The molecule has 1 atom stereocenters. The van der Waals surface area contributed by atoms with Gasteiger partial charge in [-0.3, -0.25) is 4.79 Å². The molecule has 0 aliphatic carbocycles. The smallest absolute Gasteiger partial charge is 0.426 e. The van der Waals surface area contributed by atoms with Crippen molar-refractivity contribution in [2.75, 3.05) is 4.90 Å². The number of benzene rings is 1. The number of nitrogens with zero attached hydrogens (tertiary/aromatic N) is 1. The van der Waals surface area contributed by atoms with Crippen molar-refractivity contribution in [3.63, 3.8) is 0 Å². The molecule has 0 aliphatic heterocycles. The maximum atomic E-state index is 12.6. The van der Waals surface area contributed by atoms with Gasteiger partial charge >= 0.3 is 12.3 Å². The largest absolute Gasteiger partial charge is 0.464 e. The van der Waals surface area contributed by atoms with Gasteiger partial charge in [0.15, 0.2) is 0 Å². The van der Waals surface area contributed by atoms with Crippen LogP contribution in [0.15, 0.2) is 18.2 Å². The van der Waals surface area contributed by atoms with Gasteiger partial charge in [0.2, 0.25) is 5.60 Å². The van der Waals surface area contributed by atoms with Gasteiger partial charge in [-0.25, -0.2) is 9.69 Å². The van der Waals surface area contributed by atoms with E-state index in [9.17, 15) is 27.9 Å². The molecule has 1 aromatic rings. The number of carbonyl (C=O) groups excluding carboxylic acids is 1. The second-order valence-electron chi connectivity index (χ2n) is 4.09. The highest BCUT2D eigenvalue weighted by molar-refractivity contribution is 6.42. The number of hydrogen-bond donors (Lipinski definition) is 2. The monoisotopic (exact) mass is 345 g/mol. The first-order valence-electron chi connectivity index (χ1n) is 5.21. The highest BCUT2D eigenvalue weighted by Gasteiger charge is 2.58. The molecule has 10 heteroatoms. The van der Waals surface area contributed by atoms with Crippen LogP contribution in [0.25, 0.3) is 0 Å². The second kappa shape index (κ2) is 5.70. The Hall–Kier alpha value is -1.51. The molecule has 2 amide bonds. The van der Waals surface area contributed by atoms with Crippen LogP contribution in [-0.4, -0.2) is 34.0 Å². The average Bonchev–Trinajstić information content (AvgIpc) is 2.31. The Morgan fingerprint density at radius 3 is 2.10 bits per heavy atom. The van der Waals surface area contributed by atoms with Crippen molar-refractivity contribution in [3.05, 3.63) is 28.2 Å². The standard InChI is InChI=1S/C11H8Cl2F3NO4/c1-10(21,11(14,15)16)8(18)17(9(19)20)5-2-3-6(12)7(13)4-5/h2-4,21H,1H3,(H,19,20). The van der Waals surface area contributed by atoms with Gasteiger partial charge < -0.3 is 10.2 Å². The molecule has 0 radical (unpaired) electrons. The number of carboxylic acid groups (broad SMARTS) is 1. The number of amides is 2. The summed E-state index contributed by atoms with van der Waals surface area (Å²) in [6, 6.07) is 2.97. The van der Waals surface area contributed by atoms with Gasteiger partial charge in [-0.2, -0.15) is 13.2 Å². The Balaban J connectivity index is 3.34. The third kappa shape index (κ3) is 3.39. The van der Waals surface area contributed by atoms with Crippen LogP contribution in [0.4, 0.5) is 23.7 Å². The Kier molecular flexibility index (Phi) is 4.76. The molecule has 116 valence electrons. The van der Waals surface area contributed by atoms with E-state index in [0.29, 0.717) is 0 Å². The molecule has 0 bridgehead atoms. The Bertz CT molecular complexity index is 589. The zero-order valence-corrected chi connectivity index (χ0v) is 11.8. The van der Waals surface area contributed by atoms with Crippen LogP contribution in [0.5, 0.6) is 0 Å². The summed E-state index contributed by atoms with van der Waals surface area (Å²) in [5.41, 5.74) is -4.36. The van der Waals surface area contributed by atoms with Gasteiger partial charge in [0.05, 0.1) is 15.7 Å². The molecular weight excluding hydrogens is 338 g/mol. The van der Waals surface area contributed by atoms with Crippen molar-refractivity contribution in [3.8, 4) is 0 Å². The van der Waals surface area contributed by atoms with Gasteiger partial charge in [0, 0.05) is 0 Å². The molecule has 0 spiro atoms. The van der Waals surface area contributed by atoms with Gasteiger partial charge in [-0.1, -0.05) is 23.2 Å². The molecule has 0 saturated heterocycles. The summed E-state index contributed by atoms with van der Waals surface area (Å²) in [6.07, 6.45) is -7.36. The number of halogens is 5. The lowest BCUT2D eigenvalue weighted by Crippen LogP contribution is -2.57. The van der Waals surface area contributed by atoms with Crippen molar-refractivity contribution in [2.24, 2.45) is 0 Å². The molecule has 0 aromatic heterocycles. The summed E-state index contributed by atoms with van der Waals surface area (Å²) in [5.74, 6) is -2.08. The lowest BCUT2D eigenvalue weighted by atomic mass is 10.0. The summed E-state index contributed by atoms with van der Waals surface area (Å²) in [5, 5.41) is 18.1. The maximum absolute atomic E-state index is 12.6. The van der Waals surface area contributed by atoms with E-state index in [1.807, 2.05) is 0 Å². The number of carbonyl (C=O) groups is 2. The number of imide groups is 1. The van der Waals surface area contributed by atoms with E-state index < -0.39 is 29.5 Å². The molecule has 0 aliphatic rings. The van der Waals surface area contributed by atoms with Gasteiger partial charge in [-0.15, -0.1) is 0 Å². The van der Waals surface area contributed by atoms with Crippen molar-refractivity contribution >= 4 is 40.9 Å². The van der Waals surface area contributed by atoms with E-state index in [2.05, 4.69) is 0 Å². The fraction of sp³-hybridized carbons (Fsp3) is 0.273. The second-order valence-corrected chi connectivity index (χ2v) is 4.91. The zero-order chi connectivity index (χ0) is 16.6. The third-order valence-corrected chi connectivity index (χ3v) is 3.26. The van der Waals surface area contributed by atoms with E-state index in [1.54, 1.807) is 0 Å². The lowest BCUT2D eigenvalue weighted by molar-refractivity contribution is -0.243. The summed E-state index contributed by atoms with van der Waals surface area (Å²) in [7, 11) is 0. The van der Waals surface area contributed by atoms with Crippen LogP contribution in [-0.2, 0) is 4.79 Å². The van der Waals surface area contributed by atoms with Gasteiger partial charge in [0.25, 0.3) is 5.91 Å². The van der Waals surface area contributed by atoms with E-state index in [1.165, 1.54) is 0 Å². The van der Waals surface area contributed by atoms with E-state index in [0.717, 1.165) is 18.2 Å². The van der Waals surface area contributed by atoms with Crippen molar-refractivity contribution in [2.45, 2.75) is 18.7 Å². The van der Waals surface area contributed by atoms with E-state index in [-0.39, 0.29) is 21.9 Å². The van der Waals surface area contributed by atoms with Crippen LogP contribution in [0.1, 0.15) is 6.92 Å². The normalized spacial score (nSPS) is 14.4. The molecule has 0 saturated carbocycles. The molecule has 21 heavy (non-hydrogen) atoms. The summed E-state index contributed by atoms with van der Waals surface area (Å²) in [6.45, 7) is 0.156. The van der Waals surface area contributed by atoms with Crippen LogP contribution < -0.4 is 4.90 Å². The van der Waals surface area contributed by atoms with Crippen LogP contribution in [0.2, 0.25) is 10.0 Å². The number of aliphatic hydroxyl groups is 1. The molecular formula is C11H8Cl2F3NO4. The predicted molar refractivity (Wildman–Crippen MR) is 68.7 cm³/mol. The van der Waals surface area contributed by atoms with Crippen LogP contribution in [0, 0.1) is 0 Å². The average molecular weight is 346 g/mol. The van der Waals surface area contributed by atoms with E-state index in [4.69, 9.17) is 28.3 Å². The number of rotatable bonds is 2. The van der Waals surface area contributed by atoms with Crippen LogP contribution in [0.3, 0.4) is 0 Å². The molecule has 0 fully saturated rings. The number of alkyl halides is 3. The molecule has 1 rings (SSSR count). The minimum Gasteiger partial charge on any atom is -0.464 e. The Labute approximate surface area is 126 Å². The fourth-order valence-corrected chi connectivity index (χ4v) is 1.57. The first-order chi connectivity index (χ1) is 9.39. The minimum absolute atomic E-state index is 0.0146. The van der Waals surface area contributed by atoms with Crippen molar-refractivity contribution in [1.82, 2.24) is 0 Å². The van der Waals surface area contributed by atoms with Crippen molar-refractivity contribution < 1.29 is 33.0 Å². The highest BCUT2D eigenvalue weighted by Crippen LogP contribution is 2.34. The molecule has 2 N–H and O–H groups in total. The summed E-state index contributed by atoms with van der Waals surface area (Å²) in [4.78, 5) is 22.6. The topological polar surface area (TPSA) is 77.8 Å². The quantitative estimate of drug-likeness (QED) is 0.861. The first-order valence-corrected chi connectivity index (χ1v) is 5.97. The SMILES string of the molecule is CC(O)(C(=O)N(C(=O)O)c1ccc(Cl)c(Cl)c1)C(F)(F)F. The van der Waals surface area contributed by atoms with Crippen molar-refractivity contribution in [1.29, 1.82) is 0 Å². The minimum atomic E-state index is -5.35. The molecule has 0 heterocycles. The van der Waals surface area contributed by atoms with Gasteiger partial charge in [-0.05, 0) is 25.1 Å². The summed E-state index contributed by atoms with van der Waals surface area (Å²) >= 11 is 11.2. The Morgan fingerprint density at radius 1 is 1.19 bits per heavy atom. The zero-order valence-electron chi connectivity index (χ0n) is 10.3. The lowest BCUT2D eigenvalue weighted by Gasteiger charge is -2.29. The number of hydrogen-bond acceptors (Lipinski definition) is 3. The highest BCUT2D eigenvalue weighted by atomic mass is 35.5. The fourth-order valence-electron chi connectivity index (χ4n) is 1.28. The van der Waals surface area contributed by atoms with E-state index >= 15 is 0 Å². The third-order valence-electron chi connectivity index (χ3n) is 2.52. The molecule has 1 aromatic carbocycles. The first kappa shape index (κ1) is 17.5. The van der Waals surface area contributed by atoms with Crippen LogP contribution >= 0.6 is 23.2 Å². The summed E-state index contributed by atoms with van der Waals surface area (Å²) < 4.78 is 37.9. The number of anilines is 1. The predicted octanol–water partition coefficient (Wildman–Crippen LogP) is 3.32. The Morgan fingerprint density at radius 2 is 1.71 bits per heavy atom. The maximum Gasteiger partial charge on any atom is 0.426 e. The van der Waals surface area contributed by atoms with Gasteiger partial charge in [0.1, 0.15) is 0 Å². The molecule has 5 nitrogen and oxygen atoms in total.